The van der Waals surface area contributed by atoms with Gasteiger partial charge >= 0.3 is 0 Å². The van der Waals surface area contributed by atoms with E-state index in [1.807, 2.05) is 6.07 Å². The van der Waals surface area contributed by atoms with Gasteiger partial charge < -0.3 is 4.90 Å². The van der Waals surface area contributed by atoms with Crippen LogP contribution in [0.3, 0.4) is 0 Å². The molecule has 2 rings (SSSR count). The van der Waals surface area contributed by atoms with Crippen molar-refractivity contribution < 1.29 is 14.4 Å². The van der Waals surface area contributed by atoms with Crippen molar-refractivity contribution in [2.24, 2.45) is 5.92 Å². The van der Waals surface area contributed by atoms with E-state index in [1.54, 1.807) is 30.0 Å². The molecule has 1 N–H and O–H groups in total. The molecule has 1 heterocycles. The van der Waals surface area contributed by atoms with Crippen LogP contribution in [0.2, 0.25) is 5.02 Å². The highest BCUT2D eigenvalue weighted by atomic mass is 35.5. The molecule has 1 aliphatic heterocycles. The van der Waals surface area contributed by atoms with Crippen molar-refractivity contribution in [2.75, 3.05) is 18.1 Å². The first-order valence-corrected chi connectivity index (χ1v) is 6.47. The summed E-state index contributed by atoms with van der Waals surface area (Å²) in [6, 6.07) is 7.09. The molecular formula is C13H15ClN2O3. The van der Waals surface area contributed by atoms with Crippen LogP contribution in [-0.4, -0.2) is 25.0 Å². The van der Waals surface area contributed by atoms with E-state index in [9.17, 15) is 9.59 Å². The maximum absolute atomic E-state index is 12.0. The topological polar surface area (TPSA) is 58.6 Å². The molecule has 0 aliphatic carbocycles. The predicted octanol–water partition coefficient (Wildman–Crippen LogP) is 1.76. The predicted molar refractivity (Wildman–Crippen MR) is 71.7 cm³/mol. The Morgan fingerprint density at radius 3 is 2.95 bits per heavy atom. The van der Waals surface area contributed by atoms with Crippen LogP contribution < -0.4 is 10.4 Å². The monoisotopic (exact) mass is 282 g/mol. The number of amides is 2. The second kappa shape index (κ2) is 6.04. The Labute approximate surface area is 116 Å². The molecule has 1 aromatic carbocycles. The Morgan fingerprint density at radius 1 is 1.53 bits per heavy atom. The minimum Gasteiger partial charge on any atom is -0.310 e. The van der Waals surface area contributed by atoms with Crippen LogP contribution in [-0.2, 0) is 14.4 Å². The Kier molecular flexibility index (Phi) is 4.39. The van der Waals surface area contributed by atoms with Gasteiger partial charge in [-0.25, -0.2) is 5.48 Å². The van der Waals surface area contributed by atoms with E-state index in [1.165, 1.54) is 0 Å². The maximum atomic E-state index is 12.0. The Hall–Kier alpha value is -1.59. The third kappa shape index (κ3) is 3.05. The second-order valence-electron chi connectivity index (χ2n) is 4.26. The van der Waals surface area contributed by atoms with Crippen molar-refractivity contribution >= 4 is 29.1 Å². The van der Waals surface area contributed by atoms with Crippen LogP contribution >= 0.6 is 11.6 Å². The summed E-state index contributed by atoms with van der Waals surface area (Å²) in [7, 11) is 0. The molecule has 0 radical (unpaired) electrons. The van der Waals surface area contributed by atoms with E-state index in [4.69, 9.17) is 16.4 Å². The third-order valence-corrected chi connectivity index (χ3v) is 3.28. The SMILES string of the molecule is CCONC(=O)C1CC(=O)N(c2ccccc2Cl)C1. The number of benzene rings is 1. The highest BCUT2D eigenvalue weighted by molar-refractivity contribution is 6.33. The number of hydroxylamine groups is 1. The van der Waals surface area contributed by atoms with Gasteiger partial charge in [0.1, 0.15) is 0 Å². The van der Waals surface area contributed by atoms with E-state index in [2.05, 4.69) is 5.48 Å². The molecule has 6 heteroatoms. The summed E-state index contributed by atoms with van der Waals surface area (Å²) in [5.74, 6) is -0.787. The number of hydrogen-bond donors (Lipinski definition) is 1. The van der Waals surface area contributed by atoms with Crippen molar-refractivity contribution in [3.8, 4) is 0 Å². The minimum absolute atomic E-state index is 0.107. The van der Waals surface area contributed by atoms with Gasteiger partial charge in [-0.1, -0.05) is 23.7 Å². The fourth-order valence-electron chi connectivity index (χ4n) is 2.01. The lowest BCUT2D eigenvalue weighted by Gasteiger charge is -2.17. The molecule has 0 aromatic heterocycles. The van der Waals surface area contributed by atoms with Gasteiger partial charge in [-0.3, -0.25) is 14.4 Å². The molecule has 1 aliphatic rings. The number of carbonyl (C=O) groups excluding carboxylic acids is 2. The largest absolute Gasteiger partial charge is 0.310 e. The standard InChI is InChI=1S/C13H15ClN2O3/c1-2-19-15-13(18)9-7-12(17)16(8-9)11-6-4-3-5-10(11)14/h3-6,9H,2,7-8H2,1H3,(H,15,18). The molecule has 0 saturated carbocycles. The van der Waals surface area contributed by atoms with E-state index < -0.39 is 5.92 Å². The fourth-order valence-corrected chi connectivity index (χ4v) is 2.25. The van der Waals surface area contributed by atoms with Crippen LogP contribution in [0.25, 0.3) is 0 Å². The number of anilines is 1. The van der Waals surface area contributed by atoms with Crippen molar-refractivity contribution in [2.45, 2.75) is 13.3 Å². The molecular weight excluding hydrogens is 268 g/mol. The number of nitrogens with zero attached hydrogens (tertiary/aromatic N) is 1. The zero-order valence-electron chi connectivity index (χ0n) is 10.6. The molecule has 1 atom stereocenters. The molecule has 102 valence electrons. The first-order valence-electron chi connectivity index (χ1n) is 6.10. The lowest BCUT2D eigenvalue weighted by Crippen LogP contribution is -2.33. The summed E-state index contributed by atoms with van der Waals surface area (Å²) >= 11 is 6.06. The first-order chi connectivity index (χ1) is 9.13. The molecule has 0 spiro atoms. The maximum Gasteiger partial charge on any atom is 0.248 e. The van der Waals surface area contributed by atoms with Crippen LogP contribution in [0.1, 0.15) is 13.3 Å². The van der Waals surface area contributed by atoms with Gasteiger partial charge in [0.25, 0.3) is 0 Å². The van der Waals surface area contributed by atoms with Crippen LogP contribution in [0.5, 0.6) is 0 Å². The van der Waals surface area contributed by atoms with Gasteiger partial charge in [-0.05, 0) is 19.1 Å². The van der Waals surface area contributed by atoms with Gasteiger partial charge in [0.15, 0.2) is 0 Å². The molecule has 1 saturated heterocycles. The Balaban J connectivity index is 2.08. The van der Waals surface area contributed by atoms with Gasteiger partial charge in [-0.2, -0.15) is 0 Å². The number of hydrogen-bond acceptors (Lipinski definition) is 3. The summed E-state index contributed by atoms with van der Waals surface area (Å²) in [5, 5.41) is 0.502. The zero-order valence-corrected chi connectivity index (χ0v) is 11.3. The van der Waals surface area contributed by atoms with Crippen molar-refractivity contribution in [3.05, 3.63) is 29.3 Å². The summed E-state index contributed by atoms with van der Waals surface area (Å²) in [4.78, 5) is 30.1. The summed E-state index contributed by atoms with van der Waals surface area (Å²) in [6.07, 6.45) is 0.171. The highest BCUT2D eigenvalue weighted by Gasteiger charge is 2.35. The highest BCUT2D eigenvalue weighted by Crippen LogP contribution is 2.30. The summed E-state index contributed by atoms with van der Waals surface area (Å²) in [5.41, 5.74) is 2.97. The van der Waals surface area contributed by atoms with Gasteiger partial charge in [0.05, 0.1) is 23.2 Å². The third-order valence-electron chi connectivity index (χ3n) is 2.96. The van der Waals surface area contributed by atoms with Crippen molar-refractivity contribution in [3.63, 3.8) is 0 Å². The number of halogens is 1. The van der Waals surface area contributed by atoms with Crippen LogP contribution in [0, 0.1) is 5.92 Å². The molecule has 19 heavy (non-hydrogen) atoms. The van der Waals surface area contributed by atoms with E-state index >= 15 is 0 Å². The van der Waals surface area contributed by atoms with Crippen LogP contribution in [0.15, 0.2) is 24.3 Å². The number of rotatable bonds is 4. The molecule has 2 amide bonds. The number of para-hydroxylation sites is 1. The zero-order chi connectivity index (χ0) is 13.8. The first kappa shape index (κ1) is 13.8. The lowest BCUT2D eigenvalue weighted by molar-refractivity contribution is -0.137. The molecule has 5 nitrogen and oxygen atoms in total. The summed E-state index contributed by atoms with van der Waals surface area (Å²) < 4.78 is 0. The second-order valence-corrected chi connectivity index (χ2v) is 4.66. The smallest absolute Gasteiger partial charge is 0.248 e. The lowest BCUT2D eigenvalue weighted by atomic mass is 10.1. The molecule has 1 fully saturated rings. The fraction of sp³-hybridized carbons (Fsp3) is 0.385. The molecule has 1 aromatic rings. The summed E-state index contributed by atoms with van der Waals surface area (Å²) in [6.45, 7) is 2.48. The average molecular weight is 283 g/mol. The number of carbonyl (C=O) groups is 2. The van der Waals surface area contributed by atoms with Gasteiger partial charge in [0.2, 0.25) is 11.8 Å². The minimum atomic E-state index is -0.407. The van der Waals surface area contributed by atoms with Crippen molar-refractivity contribution in [1.29, 1.82) is 0 Å². The van der Waals surface area contributed by atoms with Gasteiger partial charge in [0, 0.05) is 13.0 Å². The van der Waals surface area contributed by atoms with Crippen molar-refractivity contribution in [1.82, 2.24) is 5.48 Å². The van der Waals surface area contributed by atoms with E-state index in [0.717, 1.165) is 0 Å². The molecule has 0 bridgehead atoms. The van der Waals surface area contributed by atoms with E-state index in [-0.39, 0.29) is 18.2 Å². The van der Waals surface area contributed by atoms with Crippen LogP contribution in [0.4, 0.5) is 5.69 Å². The Morgan fingerprint density at radius 2 is 2.26 bits per heavy atom. The normalized spacial score (nSPS) is 18.7. The van der Waals surface area contributed by atoms with E-state index in [0.29, 0.717) is 23.9 Å². The molecule has 1 unspecified atom stereocenters. The quantitative estimate of drug-likeness (QED) is 0.856. The Bertz CT molecular complexity index is 493. The average Bonchev–Trinajstić information content (AvgIpc) is 2.78. The number of nitrogens with one attached hydrogen (secondary N) is 1. The van der Waals surface area contributed by atoms with Gasteiger partial charge in [-0.15, -0.1) is 0 Å².